The summed E-state index contributed by atoms with van der Waals surface area (Å²) in [7, 11) is 2.02. The van der Waals surface area contributed by atoms with Gasteiger partial charge in [0.1, 0.15) is 0 Å². The molecule has 2 nitrogen and oxygen atoms in total. The van der Waals surface area contributed by atoms with Crippen molar-refractivity contribution in [2.24, 2.45) is 7.05 Å². The van der Waals surface area contributed by atoms with Gasteiger partial charge in [0.2, 0.25) is 0 Å². The van der Waals surface area contributed by atoms with Gasteiger partial charge in [-0.3, -0.25) is 0 Å². The molecule has 0 saturated heterocycles. The molecular weight excluding hydrogens is 268 g/mol. The first-order chi connectivity index (χ1) is 10.6. The number of imidazole rings is 1. The molecule has 0 radical (unpaired) electrons. The van der Waals surface area contributed by atoms with Crippen LogP contribution in [0.2, 0.25) is 0 Å². The Morgan fingerprint density at radius 1 is 1.05 bits per heavy atom. The Bertz CT molecular complexity index is 470. The van der Waals surface area contributed by atoms with Gasteiger partial charge >= 0.3 is 0 Å². The number of aromatic nitrogens is 2. The summed E-state index contributed by atoms with van der Waals surface area (Å²) in [6, 6.07) is 8.49. The van der Waals surface area contributed by atoms with E-state index in [0.717, 1.165) is 6.42 Å². The zero-order valence-corrected chi connectivity index (χ0v) is 16.1. The summed E-state index contributed by atoms with van der Waals surface area (Å²) in [5.41, 5.74) is 4.15. The van der Waals surface area contributed by atoms with Gasteiger partial charge in [-0.05, 0) is 30.4 Å². The van der Waals surface area contributed by atoms with Gasteiger partial charge in [0.15, 0.2) is 0 Å². The minimum Gasteiger partial charge on any atom is -0.337 e. The first-order valence-electron chi connectivity index (χ1n) is 8.57. The number of nitrogens with zero attached hydrogens (tertiary/aromatic N) is 2. The molecule has 2 heteroatoms. The zero-order chi connectivity index (χ0) is 17.5. The van der Waals surface area contributed by atoms with Gasteiger partial charge in [-0.25, -0.2) is 4.98 Å². The molecule has 0 atom stereocenters. The molecule has 0 amide bonds. The highest BCUT2D eigenvalue weighted by molar-refractivity contribution is 5.25. The fourth-order valence-corrected chi connectivity index (χ4v) is 1.93. The summed E-state index contributed by atoms with van der Waals surface area (Å²) in [6.07, 6.45) is 4.88. The summed E-state index contributed by atoms with van der Waals surface area (Å²) in [5, 5.41) is 0. The number of benzene rings is 1. The lowest BCUT2D eigenvalue weighted by molar-refractivity contribution is 0.740. The second-order valence-corrected chi connectivity index (χ2v) is 4.86. The summed E-state index contributed by atoms with van der Waals surface area (Å²) in [6.45, 7) is 16.7. The van der Waals surface area contributed by atoms with Gasteiger partial charge < -0.3 is 4.57 Å². The van der Waals surface area contributed by atoms with Crippen LogP contribution in [-0.4, -0.2) is 9.55 Å². The Balaban J connectivity index is 0. The van der Waals surface area contributed by atoms with E-state index < -0.39 is 0 Å². The second-order valence-electron chi connectivity index (χ2n) is 4.86. The largest absolute Gasteiger partial charge is 0.337 e. The molecule has 2 aromatic rings. The molecule has 0 spiro atoms. The molecule has 0 fully saturated rings. The van der Waals surface area contributed by atoms with Gasteiger partial charge in [-0.2, -0.15) is 0 Å². The van der Waals surface area contributed by atoms with E-state index in [2.05, 4.69) is 56.9 Å². The third-order valence-electron chi connectivity index (χ3n) is 3.09. The molecule has 0 bridgehead atoms. The SMILES string of the molecule is CC.CC.CC(C)c1cncn1C.CCc1ccccc1C. The van der Waals surface area contributed by atoms with Crippen LogP contribution in [0, 0.1) is 6.92 Å². The van der Waals surface area contributed by atoms with E-state index >= 15 is 0 Å². The van der Waals surface area contributed by atoms with Gasteiger partial charge in [0.05, 0.1) is 6.33 Å². The van der Waals surface area contributed by atoms with E-state index in [-0.39, 0.29) is 0 Å². The molecule has 0 aliphatic carbocycles. The quantitative estimate of drug-likeness (QED) is 0.650. The van der Waals surface area contributed by atoms with Crippen LogP contribution in [-0.2, 0) is 13.5 Å². The van der Waals surface area contributed by atoms with Crippen LogP contribution in [0.3, 0.4) is 0 Å². The lowest BCUT2D eigenvalue weighted by Crippen LogP contribution is -1.95. The van der Waals surface area contributed by atoms with Crippen molar-refractivity contribution in [3.05, 3.63) is 53.6 Å². The van der Waals surface area contributed by atoms with Crippen molar-refractivity contribution >= 4 is 0 Å². The van der Waals surface area contributed by atoms with E-state index in [4.69, 9.17) is 0 Å². The van der Waals surface area contributed by atoms with Crippen LogP contribution in [0.15, 0.2) is 36.8 Å². The van der Waals surface area contributed by atoms with Crippen LogP contribution >= 0.6 is 0 Å². The van der Waals surface area contributed by atoms with Crippen LogP contribution in [0.25, 0.3) is 0 Å². The highest BCUT2D eigenvalue weighted by Gasteiger charge is 2.00. The molecular formula is C20H36N2. The smallest absolute Gasteiger partial charge is 0.0945 e. The standard InChI is InChI=1S/C9H12.C7H12N2.2C2H6/c1-3-9-7-5-4-6-8(9)2;1-6(2)7-4-8-5-9(7)3;2*1-2/h4-7H,3H2,1-2H3;4-6H,1-3H3;2*1-2H3. The molecule has 1 heterocycles. The minimum absolute atomic E-state index is 0.581. The Morgan fingerprint density at radius 3 is 1.86 bits per heavy atom. The maximum Gasteiger partial charge on any atom is 0.0945 e. The van der Waals surface area contributed by atoms with E-state index in [1.165, 1.54) is 16.8 Å². The maximum absolute atomic E-state index is 4.01. The monoisotopic (exact) mass is 304 g/mol. The molecule has 1 aromatic carbocycles. The second kappa shape index (κ2) is 14.4. The molecule has 126 valence electrons. The number of hydrogen-bond donors (Lipinski definition) is 0. The summed E-state index contributed by atoms with van der Waals surface area (Å²) in [5.74, 6) is 0.581. The van der Waals surface area contributed by atoms with E-state index in [1.807, 2.05) is 51.8 Å². The lowest BCUT2D eigenvalue weighted by Gasteiger charge is -2.03. The van der Waals surface area contributed by atoms with E-state index in [0.29, 0.717) is 5.92 Å². The van der Waals surface area contributed by atoms with Crippen molar-refractivity contribution in [3.8, 4) is 0 Å². The Kier molecular flexibility index (Phi) is 14.8. The maximum atomic E-state index is 4.01. The summed E-state index contributed by atoms with van der Waals surface area (Å²) >= 11 is 0. The lowest BCUT2D eigenvalue weighted by atomic mass is 10.1. The van der Waals surface area contributed by atoms with Gasteiger partial charge in [0.25, 0.3) is 0 Å². The predicted molar refractivity (Wildman–Crippen MR) is 101 cm³/mol. The van der Waals surface area contributed by atoms with Gasteiger partial charge in [-0.15, -0.1) is 0 Å². The number of aryl methyl sites for hydroxylation is 3. The fourth-order valence-electron chi connectivity index (χ4n) is 1.93. The number of rotatable bonds is 2. The van der Waals surface area contributed by atoms with Crippen LogP contribution < -0.4 is 0 Å². The predicted octanol–water partition coefficient (Wildman–Crippen LogP) is 6.15. The third-order valence-corrected chi connectivity index (χ3v) is 3.09. The molecule has 0 saturated carbocycles. The van der Waals surface area contributed by atoms with E-state index in [9.17, 15) is 0 Å². The van der Waals surface area contributed by atoms with Crippen molar-refractivity contribution < 1.29 is 0 Å². The highest BCUT2D eigenvalue weighted by Crippen LogP contribution is 2.10. The summed E-state index contributed by atoms with van der Waals surface area (Å²) in [4.78, 5) is 4.01. The molecule has 0 unspecified atom stereocenters. The van der Waals surface area contributed by atoms with Crippen LogP contribution in [0.4, 0.5) is 0 Å². The fraction of sp³-hybridized carbons (Fsp3) is 0.550. The third kappa shape index (κ3) is 8.66. The Labute approximate surface area is 138 Å². The Morgan fingerprint density at radius 2 is 1.59 bits per heavy atom. The van der Waals surface area contributed by atoms with Crippen molar-refractivity contribution in [2.45, 2.75) is 67.7 Å². The highest BCUT2D eigenvalue weighted by atomic mass is 15.0. The first-order valence-corrected chi connectivity index (χ1v) is 8.57. The molecule has 1 aromatic heterocycles. The number of hydrogen-bond acceptors (Lipinski definition) is 1. The molecule has 2 rings (SSSR count). The normalized spacial score (nSPS) is 8.82. The Hall–Kier alpha value is -1.57. The van der Waals surface area contributed by atoms with Crippen LogP contribution in [0.5, 0.6) is 0 Å². The van der Waals surface area contributed by atoms with Crippen LogP contribution in [0.1, 0.15) is 71.2 Å². The zero-order valence-electron chi connectivity index (χ0n) is 16.1. The minimum atomic E-state index is 0.581. The van der Waals surface area contributed by atoms with Crippen molar-refractivity contribution in [1.82, 2.24) is 9.55 Å². The topological polar surface area (TPSA) is 17.8 Å². The average molecular weight is 305 g/mol. The average Bonchev–Trinajstić information content (AvgIpc) is 2.99. The summed E-state index contributed by atoms with van der Waals surface area (Å²) < 4.78 is 2.05. The first kappa shape index (κ1) is 22.7. The van der Waals surface area contributed by atoms with Crippen molar-refractivity contribution in [2.75, 3.05) is 0 Å². The molecule has 0 N–H and O–H groups in total. The molecule has 0 aliphatic heterocycles. The van der Waals surface area contributed by atoms with Crippen molar-refractivity contribution in [1.29, 1.82) is 0 Å². The molecule has 0 aliphatic rings. The van der Waals surface area contributed by atoms with E-state index in [1.54, 1.807) is 0 Å². The van der Waals surface area contributed by atoms with Gasteiger partial charge in [-0.1, -0.05) is 72.7 Å². The van der Waals surface area contributed by atoms with Crippen molar-refractivity contribution in [3.63, 3.8) is 0 Å². The molecule has 22 heavy (non-hydrogen) atoms. The van der Waals surface area contributed by atoms with Gasteiger partial charge in [0, 0.05) is 18.9 Å².